The monoisotopic (exact) mass is 407 g/mol. The zero-order chi connectivity index (χ0) is 20.9. The molecule has 9 heteroatoms. The number of benzene rings is 2. The number of carbonyl (C=O) groups excluding carboxylic acids is 3. The maximum absolute atomic E-state index is 12.3. The van der Waals surface area contributed by atoms with Crippen LogP contribution in [0.1, 0.15) is 20.9 Å². The smallest absolute Gasteiger partial charge is 0.291 e. The fraction of sp³-hybridized carbons (Fsp3) is 0.0952. The van der Waals surface area contributed by atoms with Gasteiger partial charge in [0.25, 0.3) is 17.7 Å². The van der Waals surface area contributed by atoms with Crippen LogP contribution in [0.5, 0.6) is 11.5 Å². The first-order chi connectivity index (χ1) is 14.6. The maximum Gasteiger partial charge on any atom is 0.291 e. The topological polar surface area (TPSA) is 119 Å². The summed E-state index contributed by atoms with van der Waals surface area (Å²) in [6, 6.07) is 16.3. The van der Waals surface area contributed by atoms with Gasteiger partial charge in [0, 0.05) is 11.3 Å². The summed E-state index contributed by atoms with van der Waals surface area (Å²) >= 11 is 0. The van der Waals surface area contributed by atoms with Gasteiger partial charge in [-0.15, -0.1) is 0 Å². The predicted molar refractivity (Wildman–Crippen MR) is 105 cm³/mol. The third-order valence-electron chi connectivity index (χ3n) is 4.25. The van der Waals surface area contributed by atoms with Gasteiger partial charge in [-0.2, -0.15) is 0 Å². The summed E-state index contributed by atoms with van der Waals surface area (Å²) in [6.07, 6.45) is 0.513. The van der Waals surface area contributed by atoms with Crippen LogP contribution in [-0.4, -0.2) is 30.4 Å². The highest BCUT2D eigenvalue weighted by molar-refractivity contribution is 6.02. The Morgan fingerprint density at radius 1 is 0.833 bits per heavy atom. The summed E-state index contributed by atoms with van der Waals surface area (Å²) in [4.78, 5) is 36.4. The number of hydrogen-bond donors (Lipinski definition) is 3. The molecule has 2 aromatic carbocycles. The van der Waals surface area contributed by atoms with Crippen LogP contribution in [-0.2, 0) is 4.79 Å². The minimum absolute atomic E-state index is 0.0305. The van der Waals surface area contributed by atoms with E-state index in [1.165, 1.54) is 18.4 Å². The van der Waals surface area contributed by atoms with Crippen molar-refractivity contribution in [2.45, 2.75) is 6.10 Å². The number of ether oxygens (including phenoxy) is 2. The zero-order valence-corrected chi connectivity index (χ0v) is 15.6. The number of furan rings is 1. The summed E-state index contributed by atoms with van der Waals surface area (Å²) in [5.41, 5.74) is 5.43. The second kappa shape index (κ2) is 8.39. The number of para-hydroxylation sites is 2. The van der Waals surface area contributed by atoms with Crippen LogP contribution < -0.4 is 25.6 Å². The largest absolute Gasteiger partial charge is 0.485 e. The third-order valence-corrected chi connectivity index (χ3v) is 4.25. The van der Waals surface area contributed by atoms with Crippen LogP contribution in [0.3, 0.4) is 0 Å². The number of nitrogens with one attached hydrogen (secondary N) is 3. The molecule has 2 heterocycles. The van der Waals surface area contributed by atoms with Crippen molar-refractivity contribution in [2.75, 3.05) is 11.9 Å². The van der Waals surface area contributed by atoms with Gasteiger partial charge in [0.1, 0.15) is 6.61 Å². The Morgan fingerprint density at radius 2 is 1.60 bits per heavy atom. The first-order valence-corrected chi connectivity index (χ1v) is 9.04. The lowest BCUT2D eigenvalue weighted by molar-refractivity contribution is -0.131. The number of hydrogen-bond acceptors (Lipinski definition) is 6. The van der Waals surface area contributed by atoms with Gasteiger partial charge in [-0.05, 0) is 48.5 Å². The molecular formula is C21H17N3O6. The SMILES string of the molecule is O=C(NNC(=O)C1COc2ccccc2O1)c1ccc(NC(=O)c2ccco2)cc1. The van der Waals surface area contributed by atoms with E-state index >= 15 is 0 Å². The molecule has 1 atom stereocenters. The summed E-state index contributed by atoms with van der Waals surface area (Å²) < 4.78 is 16.1. The highest BCUT2D eigenvalue weighted by Crippen LogP contribution is 2.30. The minimum atomic E-state index is -0.889. The van der Waals surface area contributed by atoms with E-state index in [0.29, 0.717) is 17.2 Å². The highest BCUT2D eigenvalue weighted by atomic mass is 16.6. The average Bonchev–Trinajstić information content (AvgIpc) is 3.32. The van der Waals surface area contributed by atoms with E-state index in [2.05, 4.69) is 16.2 Å². The molecule has 0 spiro atoms. The molecule has 0 bridgehead atoms. The van der Waals surface area contributed by atoms with Crippen molar-refractivity contribution < 1.29 is 28.3 Å². The minimum Gasteiger partial charge on any atom is -0.485 e. The number of anilines is 1. The van der Waals surface area contributed by atoms with Crippen molar-refractivity contribution in [3.8, 4) is 11.5 Å². The molecule has 1 aliphatic rings. The molecule has 0 aliphatic carbocycles. The molecule has 1 unspecified atom stereocenters. The molecule has 152 valence electrons. The summed E-state index contributed by atoms with van der Waals surface area (Å²) in [7, 11) is 0. The molecular weight excluding hydrogens is 390 g/mol. The van der Waals surface area contributed by atoms with E-state index in [4.69, 9.17) is 13.9 Å². The van der Waals surface area contributed by atoms with Crippen LogP contribution in [0.15, 0.2) is 71.3 Å². The van der Waals surface area contributed by atoms with Gasteiger partial charge in [0.2, 0.25) is 6.10 Å². The van der Waals surface area contributed by atoms with E-state index in [1.54, 1.807) is 48.5 Å². The number of rotatable bonds is 4. The van der Waals surface area contributed by atoms with Crippen LogP contribution in [0.25, 0.3) is 0 Å². The number of amides is 3. The Morgan fingerprint density at radius 3 is 2.33 bits per heavy atom. The van der Waals surface area contributed by atoms with Gasteiger partial charge in [-0.25, -0.2) is 0 Å². The molecule has 0 fully saturated rings. The highest BCUT2D eigenvalue weighted by Gasteiger charge is 2.27. The van der Waals surface area contributed by atoms with Gasteiger partial charge in [0.05, 0.1) is 6.26 Å². The van der Waals surface area contributed by atoms with Crippen LogP contribution in [0.4, 0.5) is 5.69 Å². The molecule has 3 aromatic rings. The lowest BCUT2D eigenvalue weighted by Crippen LogP contribution is -2.50. The second-order valence-electron chi connectivity index (χ2n) is 6.32. The van der Waals surface area contributed by atoms with Crippen molar-refractivity contribution >= 4 is 23.4 Å². The van der Waals surface area contributed by atoms with Crippen LogP contribution in [0.2, 0.25) is 0 Å². The number of hydrazine groups is 1. The van der Waals surface area contributed by atoms with Gasteiger partial charge in [-0.3, -0.25) is 25.2 Å². The normalized spacial score (nSPS) is 14.5. The standard InChI is InChI=1S/C21H17N3O6/c25-19(13-7-9-14(10-8-13)22-20(26)17-6-3-11-28-17)23-24-21(27)18-12-29-15-4-1-2-5-16(15)30-18/h1-11,18H,12H2,(H,22,26)(H,23,25)(H,24,27). The molecule has 9 nitrogen and oxygen atoms in total. The van der Waals surface area contributed by atoms with Gasteiger partial charge in [0.15, 0.2) is 17.3 Å². The molecule has 1 aliphatic heterocycles. The predicted octanol–water partition coefficient (Wildman–Crippen LogP) is 2.13. The van der Waals surface area contributed by atoms with Crippen molar-refractivity contribution in [1.82, 2.24) is 10.9 Å². The molecule has 4 rings (SSSR count). The third kappa shape index (κ3) is 4.25. The number of fused-ring (bicyclic) bond motifs is 1. The summed E-state index contributed by atoms with van der Waals surface area (Å²) in [5.74, 6) is -0.270. The molecule has 0 saturated carbocycles. The lowest BCUT2D eigenvalue weighted by Gasteiger charge is -2.25. The first-order valence-electron chi connectivity index (χ1n) is 9.04. The van der Waals surface area contributed by atoms with Gasteiger partial charge in [-0.1, -0.05) is 12.1 Å². The molecule has 1 aromatic heterocycles. The van der Waals surface area contributed by atoms with Gasteiger partial charge < -0.3 is 19.2 Å². The Labute approximate surface area is 170 Å². The zero-order valence-electron chi connectivity index (χ0n) is 15.6. The molecule has 3 N–H and O–H groups in total. The fourth-order valence-electron chi connectivity index (χ4n) is 2.73. The Hall–Kier alpha value is -4.27. The van der Waals surface area contributed by atoms with Crippen molar-refractivity contribution in [1.29, 1.82) is 0 Å². The van der Waals surface area contributed by atoms with Crippen LogP contribution >= 0.6 is 0 Å². The second-order valence-corrected chi connectivity index (χ2v) is 6.32. The first kappa shape index (κ1) is 19.1. The summed E-state index contributed by atoms with van der Waals surface area (Å²) in [6.45, 7) is 0.0305. The molecule has 0 radical (unpaired) electrons. The van der Waals surface area contributed by atoms with Gasteiger partial charge >= 0.3 is 0 Å². The van der Waals surface area contributed by atoms with Crippen molar-refractivity contribution in [2.24, 2.45) is 0 Å². The summed E-state index contributed by atoms with van der Waals surface area (Å²) in [5, 5.41) is 2.65. The number of carbonyl (C=O) groups is 3. The van der Waals surface area contributed by atoms with E-state index in [9.17, 15) is 14.4 Å². The van der Waals surface area contributed by atoms with E-state index < -0.39 is 23.8 Å². The van der Waals surface area contributed by atoms with Crippen LogP contribution in [0, 0.1) is 0 Å². The quantitative estimate of drug-likeness (QED) is 0.570. The maximum atomic E-state index is 12.3. The lowest BCUT2D eigenvalue weighted by atomic mass is 10.2. The fourth-order valence-corrected chi connectivity index (χ4v) is 2.73. The molecule has 0 saturated heterocycles. The Bertz CT molecular complexity index is 1060. The van der Waals surface area contributed by atoms with E-state index in [-0.39, 0.29) is 17.9 Å². The Balaban J connectivity index is 1.29. The van der Waals surface area contributed by atoms with Crippen molar-refractivity contribution in [3.63, 3.8) is 0 Å². The van der Waals surface area contributed by atoms with E-state index in [1.807, 2.05) is 0 Å². The van der Waals surface area contributed by atoms with E-state index in [0.717, 1.165) is 0 Å². The molecule has 30 heavy (non-hydrogen) atoms. The Kier molecular flexibility index (Phi) is 5.33. The van der Waals surface area contributed by atoms with Crippen molar-refractivity contribution in [3.05, 3.63) is 78.3 Å². The average molecular weight is 407 g/mol. The molecule has 3 amide bonds.